The average Bonchev–Trinajstić information content (AvgIpc) is 3.33. The van der Waals surface area contributed by atoms with Crippen molar-refractivity contribution < 1.29 is 13.9 Å². The first-order valence-electron chi connectivity index (χ1n) is 8.10. The summed E-state index contributed by atoms with van der Waals surface area (Å²) in [5, 5.41) is 2.07. The molecular formula is C18H23NO3S. The lowest BCUT2D eigenvalue weighted by molar-refractivity contribution is -0.138. The second-order valence-electron chi connectivity index (χ2n) is 6.12. The minimum Gasteiger partial charge on any atom is -0.472 e. The standard InChI is InChI=1S/C18H23NO3S/c1-21-11-9-19(13-15-6-10-22-14-15)17(20)18(7-2-3-8-18)16-5-4-12-23-16/h4-6,10,12,14H,2-3,7-9,11,13H2,1H3. The van der Waals surface area contributed by atoms with Crippen LogP contribution in [0.15, 0.2) is 40.5 Å². The lowest BCUT2D eigenvalue weighted by Crippen LogP contribution is -2.46. The molecular weight excluding hydrogens is 310 g/mol. The minimum atomic E-state index is -0.342. The molecule has 5 heteroatoms. The SMILES string of the molecule is COCCN(Cc1ccoc1)C(=O)C1(c2cccs2)CCCC1. The molecule has 23 heavy (non-hydrogen) atoms. The van der Waals surface area contributed by atoms with E-state index in [2.05, 4.69) is 11.4 Å². The van der Waals surface area contributed by atoms with E-state index in [1.165, 1.54) is 4.88 Å². The highest BCUT2D eigenvalue weighted by Crippen LogP contribution is 2.44. The molecule has 3 rings (SSSR count). The number of amides is 1. The predicted octanol–water partition coefficient (Wildman–Crippen LogP) is 3.83. The fourth-order valence-corrected chi connectivity index (χ4v) is 4.43. The first-order chi connectivity index (χ1) is 11.3. The number of thiophene rings is 1. The van der Waals surface area contributed by atoms with Crippen molar-refractivity contribution in [2.75, 3.05) is 20.3 Å². The van der Waals surface area contributed by atoms with Crippen LogP contribution in [0.5, 0.6) is 0 Å². The van der Waals surface area contributed by atoms with Gasteiger partial charge in [0.2, 0.25) is 5.91 Å². The van der Waals surface area contributed by atoms with Crippen molar-refractivity contribution in [2.45, 2.75) is 37.6 Å². The van der Waals surface area contributed by atoms with Gasteiger partial charge in [-0.1, -0.05) is 18.9 Å². The van der Waals surface area contributed by atoms with E-state index in [0.29, 0.717) is 19.7 Å². The molecule has 2 aromatic rings. The molecule has 1 aliphatic rings. The Balaban J connectivity index is 1.85. The van der Waals surface area contributed by atoms with Gasteiger partial charge in [0, 0.05) is 30.6 Å². The summed E-state index contributed by atoms with van der Waals surface area (Å²) in [6.45, 7) is 1.73. The van der Waals surface area contributed by atoms with Gasteiger partial charge >= 0.3 is 0 Å². The Hall–Kier alpha value is -1.59. The van der Waals surface area contributed by atoms with Gasteiger partial charge in [-0.05, 0) is 30.4 Å². The lowest BCUT2D eigenvalue weighted by atomic mass is 9.82. The molecule has 0 saturated heterocycles. The smallest absolute Gasteiger partial charge is 0.234 e. The van der Waals surface area contributed by atoms with Gasteiger partial charge in [0.25, 0.3) is 0 Å². The molecule has 0 bridgehead atoms. The Labute approximate surface area is 141 Å². The van der Waals surface area contributed by atoms with Gasteiger partial charge in [0.05, 0.1) is 24.5 Å². The molecule has 0 N–H and O–H groups in total. The Bertz CT molecular complexity index is 600. The van der Waals surface area contributed by atoms with Gasteiger partial charge in [-0.2, -0.15) is 0 Å². The number of ether oxygens (including phenoxy) is 1. The number of furan rings is 1. The molecule has 0 aromatic carbocycles. The number of carbonyl (C=O) groups is 1. The van der Waals surface area contributed by atoms with E-state index in [9.17, 15) is 4.79 Å². The normalized spacial score (nSPS) is 16.6. The monoisotopic (exact) mass is 333 g/mol. The highest BCUT2D eigenvalue weighted by atomic mass is 32.1. The number of nitrogens with zero attached hydrogens (tertiary/aromatic N) is 1. The molecule has 2 aromatic heterocycles. The second kappa shape index (κ2) is 7.32. The van der Waals surface area contributed by atoms with Crippen LogP contribution in [0.25, 0.3) is 0 Å². The van der Waals surface area contributed by atoms with Crippen molar-refractivity contribution in [1.82, 2.24) is 4.90 Å². The van der Waals surface area contributed by atoms with Crippen LogP contribution in [0.4, 0.5) is 0 Å². The topological polar surface area (TPSA) is 42.7 Å². The average molecular weight is 333 g/mol. The zero-order valence-electron chi connectivity index (χ0n) is 13.5. The zero-order valence-corrected chi connectivity index (χ0v) is 14.3. The second-order valence-corrected chi connectivity index (χ2v) is 7.07. The van der Waals surface area contributed by atoms with Crippen molar-refractivity contribution in [3.8, 4) is 0 Å². The van der Waals surface area contributed by atoms with Gasteiger partial charge < -0.3 is 14.1 Å². The number of hydrogen-bond acceptors (Lipinski definition) is 4. The predicted molar refractivity (Wildman–Crippen MR) is 90.5 cm³/mol. The van der Waals surface area contributed by atoms with Crippen molar-refractivity contribution in [3.63, 3.8) is 0 Å². The van der Waals surface area contributed by atoms with Crippen molar-refractivity contribution in [2.24, 2.45) is 0 Å². The molecule has 0 radical (unpaired) electrons. The minimum absolute atomic E-state index is 0.232. The molecule has 1 aliphatic carbocycles. The summed E-state index contributed by atoms with van der Waals surface area (Å²) in [7, 11) is 1.67. The summed E-state index contributed by atoms with van der Waals surface area (Å²) in [4.78, 5) is 16.6. The van der Waals surface area contributed by atoms with Crippen LogP contribution >= 0.6 is 11.3 Å². The summed E-state index contributed by atoms with van der Waals surface area (Å²) in [5.74, 6) is 0.232. The highest BCUT2D eigenvalue weighted by Gasteiger charge is 2.45. The van der Waals surface area contributed by atoms with E-state index >= 15 is 0 Å². The van der Waals surface area contributed by atoms with Gasteiger partial charge in [-0.3, -0.25) is 4.79 Å². The van der Waals surface area contributed by atoms with E-state index in [0.717, 1.165) is 31.2 Å². The molecule has 0 spiro atoms. The molecule has 0 aliphatic heterocycles. The molecule has 1 saturated carbocycles. The first-order valence-corrected chi connectivity index (χ1v) is 8.97. The fraction of sp³-hybridized carbons (Fsp3) is 0.500. The third-order valence-corrected chi connectivity index (χ3v) is 5.74. The Morgan fingerprint density at radius 1 is 1.39 bits per heavy atom. The van der Waals surface area contributed by atoms with Crippen LogP contribution in [-0.2, 0) is 21.5 Å². The molecule has 0 atom stereocenters. The molecule has 2 heterocycles. The summed E-state index contributed by atoms with van der Waals surface area (Å²) >= 11 is 1.70. The van der Waals surface area contributed by atoms with Crippen LogP contribution in [0.3, 0.4) is 0 Å². The van der Waals surface area contributed by atoms with Crippen LogP contribution in [-0.4, -0.2) is 31.1 Å². The third kappa shape index (κ3) is 3.35. The number of hydrogen-bond donors (Lipinski definition) is 0. The zero-order chi connectivity index (χ0) is 16.1. The quantitative estimate of drug-likeness (QED) is 0.773. The maximum Gasteiger partial charge on any atom is 0.234 e. The summed E-state index contributed by atoms with van der Waals surface area (Å²) < 4.78 is 10.4. The van der Waals surface area contributed by atoms with Crippen molar-refractivity contribution >= 4 is 17.2 Å². The lowest BCUT2D eigenvalue weighted by Gasteiger charge is -2.33. The Kier molecular flexibility index (Phi) is 5.18. The summed E-state index contributed by atoms with van der Waals surface area (Å²) in [6.07, 6.45) is 7.49. The number of carbonyl (C=O) groups excluding carboxylic acids is 1. The van der Waals surface area contributed by atoms with Gasteiger partial charge in [-0.25, -0.2) is 0 Å². The van der Waals surface area contributed by atoms with E-state index in [1.807, 2.05) is 17.0 Å². The van der Waals surface area contributed by atoms with E-state index in [1.54, 1.807) is 31.0 Å². The maximum absolute atomic E-state index is 13.4. The Morgan fingerprint density at radius 3 is 2.83 bits per heavy atom. The van der Waals surface area contributed by atoms with E-state index < -0.39 is 0 Å². The van der Waals surface area contributed by atoms with Crippen molar-refractivity contribution in [3.05, 3.63) is 46.5 Å². The third-order valence-electron chi connectivity index (χ3n) is 4.67. The first kappa shape index (κ1) is 16.3. The molecule has 4 nitrogen and oxygen atoms in total. The maximum atomic E-state index is 13.4. The summed E-state index contributed by atoms with van der Waals surface area (Å²) in [6, 6.07) is 6.07. The van der Waals surface area contributed by atoms with Gasteiger partial charge in [0.1, 0.15) is 0 Å². The fourth-order valence-electron chi connectivity index (χ4n) is 3.45. The molecule has 1 amide bonds. The van der Waals surface area contributed by atoms with Gasteiger partial charge in [-0.15, -0.1) is 11.3 Å². The van der Waals surface area contributed by atoms with Crippen LogP contribution in [0.1, 0.15) is 36.1 Å². The highest BCUT2D eigenvalue weighted by molar-refractivity contribution is 7.10. The largest absolute Gasteiger partial charge is 0.472 e. The van der Waals surface area contributed by atoms with Crippen LogP contribution in [0.2, 0.25) is 0 Å². The van der Waals surface area contributed by atoms with Gasteiger partial charge in [0.15, 0.2) is 0 Å². The van der Waals surface area contributed by atoms with E-state index in [-0.39, 0.29) is 11.3 Å². The number of rotatable bonds is 7. The summed E-state index contributed by atoms with van der Waals surface area (Å²) in [5.41, 5.74) is 0.680. The molecule has 124 valence electrons. The van der Waals surface area contributed by atoms with Crippen LogP contribution in [0, 0.1) is 0 Å². The molecule has 1 fully saturated rings. The van der Waals surface area contributed by atoms with E-state index in [4.69, 9.17) is 9.15 Å². The van der Waals surface area contributed by atoms with Crippen LogP contribution < -0.4 is 0 Å². The number of methoxy groups -OCH3 is 1. The molecule has 0 unspecified atom stereocenters. The van der Waals surface area contributed by atoms with Crippen molar-refractivity contribution in [1.29, 1.82) is 0 Å². The Morgan fingerprint density at radius 2 is 2.22 bits per heavy atom.